The first-order valence-corrected chi connectivity index (χ1v) is 9.61. The molecule has 0 atom stereocenters. The van der Waals surface area contributed by atoms with Crippen LogP contribution in [0.3, 0.4) is 0 Å². The predicted octanol–water partition coefficient (Wildman–Crippen LogP) is 3.11. The molecule has 148 valence electrons. The second kappa shape index (κ2) is 7.89. The van der Waals surface area contributed by atoms with Crippen molar-refractivity contribution in [1.29, 1.82) is 0 Å². The number of carbonyl (C=O) groups excluding carboxylic acids is 1. The highest BCUT2D eigenvalue weighted by molar-refractivity contribution is 9.10. The van der Waals surface area contributed by atoms with Crippen LogP contribution in [0.1, 0.15) is 29.5 Å². The van der Waals surface area contributed by atoms with Gasteiger partial charge in [0, 0.05) is 24.7 Å². The lowest BCUT2D eigenvalue weighted by atomic mass is 9.85. The van der Waals surface area contributed by atoms with E-state index in [-0.39, 0.29) is 24.0 Å². The molecule has 8 heteroatoms. The molecule has 1 fully saturated rings. The summed E-state index contributed by atoms with van der Waals surface area (Å²) >= 11 is 3.53. The predicted molar refractivity (Wildman–Crippen MR) is 104 cm³/mol. The minimum absolute atomic E-state index is 0.0539. The lowest BCUT2D eigenvalue weighted by Crippen LogP contribution is -2.55. The van der Waals surface area contributed by atoms with Gasteiger partial charge in [-0.1, -0.05) is 22.0 Å². The van der Waals surface area contributed by atoms with Crippen LogP contribution in [0.4, 0.5) is 0 Å². The molecule has 0 aromatic heterocycles. The van der Waals surface area contributed by atoms with Crippen molar-refractivity contribution < 1.29 is 24.3 Å². The van der Waals surface area contributed by atoms with Crippen LogP contribution in [0, 0.1) is 13.8 Å². The largest absolute Gasteiger partial charge is 0.509 e. The quantitative estimate of drug-likeness (QED) is 0.709. The first kappa shape index (κ1) is 20.3. The van der Waals surface area contributed by atoms with Gasteiger partial charge in [-0.2, -0.15) is 5.06 Å². The first-order chi connectivity index (χ1) is 12.9. The van der Waals surface area contributed by atoms with Crippen LogP contribution in [0.15, 0.2) is 22.4 Å². The zero-order valence-electron chi connectivity index (χ0n) is 16.0. The Labute approximate surface area is 167 Å². The summed E-state index contributed by atoms with van der Waals surface area (Å²) < 4.78 is 5.89. The number of methoxy groups -OCH3 is 1. The molecule has 1 amide bonds. The standard InChI is InChI=1S/C19H25BrN2O5/c1-12-9-13(2)15(20)10-14(12)16-17(23)19(5-7-21(26-4)8-6-19)22(18(16)24)27-11-25-3/h9-10,23H,5-8,11H2,1-4H3. The normalized spacial score (nSPS) is 20.2. The molecule has 0 saturated carbocycles. The zero-order valence-corrected chi connectivity index (χ0v) is 17.6. The second-order valence-electron chi connectivity index (χ2n) is 6.92. The second-order valence-corrected chi connectivity index (χ2v) is 7.77. The van der Waals surface area contributed by atoms with E-state index in [2.05, 4.69) is 15.9 Å². The topological polar surface area (TPSA) is 71.5 Å². The molecule has 3 rings (SSSR count). The van der Waals surface area contributed by atoms with Gasteiger partial charge in [-0.05, 0) is 49.4 Å². The molecule has 1 saturated heterocycles. The summed E-state index contributed by atoms with van der Waals surface area (Å²) in [7, 11) is 3.11. The number of hydrogen-bond donors (Lipinski definition) is 1. The Morgan fingerprint density at radius 1 is 1.19 bits per heavy atom. The summed E-state index contributed by atoms with van der Waals surface area (Å²) in [5, 5.41) is 14.3. The number of carbonyl (C=O) groups is 1. The van der Waals surface area contributed by atoms with E-state index < -0.39 is 5.54 Å². The fourth-order valence-corrected chi connectivity index (χ4v) is 4.17. The third-order valence-electron chi connectivity index (χ3n) is 5.35. The summed E-state index contributed by atoms with van der Waals surface area (Å²) in [6, 6.07) is 3.87. The molecular weight excluding hydrogens is 416 g/mol. The minimum atomic E-state index is -0.913. The van der Waals surface area contributed by atoms with Crippen LogP contribution in [0.2, 0.25) is 0 Å². The van der Waals surface area contributed by atoms with Crippen molar-refractivity contribution in [3.63, 3.8) is 0 Å². The van der Waals surface area contributed by atoms with E-state index in [0.717, 1.165) is 15.6 Å². The number of halogens is 1. The Morgan fingerprint density at radius 2 is 1.85 bits per heavy atom. The molecule has 0 radical (unpaired) electrons. The summed E-state index contributed by atoms with van der Waals surface area (Å²) in [6.45, 7) is 5.00. The maximum absolute atomic E-state index is 13.3. The highest BCUT2D eigenvalue weighted by atomic mass is 79.9. The van der Waals surface area contributed by atoms with Crippen molar-refractivity contribution in [2.75, 3.05) is 34.1 Å². The van der Waals surface area contributed by atoms with E-state index in [0.29, 0.717) is 31.5 Å². The van der Waals surface area contributed by atoms with Crippen molar-refractivity contribution in [1.82, 2.24) is 10.1 Å². The molecule has 2 aliphatic rings. The van der Waals surface area contributed by atoms with Gasteiger partial charge in [-0.3, -0.25) is 4.79 Å². The Balaban J connectivity index is 2.08. The molecule has 7 nitrogen and oxygen atoms in total. The van der Waals surface area contributed by atoms with Crippen molar-refractivity contribution in [3.05, 3.63) is 39.1 Å². The SMILES string of the molecule is COCON1C(=O)C(c2cc(Br)c(C)cc2C)=C(O)C12CCN(OC)CC2. The number of hydroxylamine groups is 4. The van der Waals surface area contributed by atoms with Gasteiger partial charge in [-0.25, -0.2) is 9.90 Å². The van der Waals surface area contributed by atoms with Crippen molar-refractivity contribution >= 4 is 27.4 Å². The highest BCUT2D eigenvalue weighted by Gasteiger charge is 2.55. The van der Waals surface area contributed by atoms with Gasteiger partial charge in [-0.15, -0.1) is 0 Å². The number of piperidine rings is 1. The summed E-state index contributed by atoms with van der Waals surface area (Å²) in [5.41, 5.74) is 2.06. The van der Waals surface area contributed by atoms with Gasteiger partial charge in [0.25, 0.3) is 5.91 Å². The van der Waals surface area contributed by atoms with Gasteiger partial charge in [0.2, 0.25) is 0 Å². The van der Waals surface area contributed by atoms with Gasteiger partial charge < -0.3 is 14.7 Å². The summed E-state index contributed by atoms with van der Waals surface area (Å²) in [5.74, 6) is -0.299. The van der Waals surface area contributed by atoms with Crippen molar-refractivity contribution in [2.24, 2.45) is 0 Å². The van der Waals surface area contributed by atoms with Gasteiger partial charge >= 0.3 is 0 Å². The van der Waals surface area contributed by atoms with Crippen LogP contribution < -0.4 is 0 Å². The van der Waals surface area contributed by atoms with E-state index in [1.54, 1.807) is 7.11 Å². The maximum atomic E-state index is 13.3. The van der Waals surface area contributed by atoms with Crippen molar-refractivity contribution in [3.8, 4) is 0 Å². The molecule has 2 heterocycles. The van der Waals surface area contributed by atoms with E-state index in [9.17, 15) is 9.90 Å². The number of aryl methyl sites for hydroxylation is 2. The lowest BCUT2D eigenvalue weighted by molar-refractivity contribution is -0.259. The van der Waals surface area contributed by atoms with Gasteiger partial charge in [0.05, 0.1) is 12.7 Å². The van der Waals surface area contributed by atoms with Crippen LogP contribution in [0.25, 0.3) is 5.57 Å². The first-order valence-electron chi connectivity index (χ1n) is 8.82. The summed E-state index contributed by atoms with van der Waals surface area (Å²) in [6.07, 6.45) is 0.995. The van der Waals surface area contributed by atoms with E-state index in [1.807, 2.05) is 31.0 Å². The Hall–Kier alpha value is -1.45. The molecule has 1 aromatic rings. The van der Waals surface area contributed by atoms with Gasteiger partial charge in [0.1, 0.15) is 11.3 Å². The van der Waals surface area contributed by atoms with Gasteiger partial charge in [0.15, 0.2) is 6.79 Å². The summed E-state index contributed by atoms with van der Waals surface area (Å²) in [4.78, 5) is 24.2. The molecular formula is C19H25BrN2O5. The fourth-order valence-electron chi connectivity index (χ4n) is 3.83. The number of benzene rings is 1. The van der Waals surface area contributed by atoms with Crippen molar-refractivity contribution in [2.45, 2.75) is 32.2 Å². The number of aliphatic hydroxyl groups excluding tert-OH is 1. The van der Waals surface area contributed by atoms with E-state index in [4.69, 9.17) is 14.4 Å². The third-order valence-corrected chi connectivity index (χ3v) is 6.20. The number of ether oxygens (including phenoxy) is 1. The van der Waals surface area contributed by atoms with Crippen LogP contribution in [0.5, 0.6) is 0 Å². The van der Waals surface area contributed by atoms with Crippen LogP contribution in [-0.4, -0.2) is 60.8 Å². The Bertz CT molecular complexity index is 772. The van der Waals surface area contributed by atoms with E-state index >= 15 is 0 Å². The fraction of sp³-hybridized carbons (Fsp3) is 0.526. The monoisotopic (exact) mass is 440 g/mol. The minimum Gasteiger partial charge on any atom is -0.509 e. The maximum Gasteiger partial charge on any atom is 0.282 e. The van der Waals surface area contributed by atoms with Crippen LogP contribution >= 0.6 is 15.9 Å². The van der Waals surface area contributed by atoms with Crippen LogP contribution in [-0.2, 0) is 19.2 Å². The number of amides is 1. The third kappa shape index (κ3) is 3.40. The molecule has 1 aromatic carbocycles. The molecule has 2 aliphatic heterocycles. The molecule has 0 aliphatic carbocycles. The Morgan fingerprint density at radius 3 is 2.44 bits per heavy atom. The van der Waals surface area contributed by atoms with E-state index in [1.165, 1.54) is 12.2 Å². The molecule has 0 unspecified atom stereocenters. The molecule has 1 N–H and O–H groups in total. The highest BCUT2D eigenvalue weighted by Crippen LogP contribution is 2.46. The average Bonchev–Trinajstić information content (AvgIpc) is 2.84. The lowest BCUT2D eigenvalue weighted by Gasteiger charge is -2.42. The molecule has 1 spiro atoms. The number of nitrogens with zero attached hydrogens (tertiary/aromatic N) is 2. The molecule has 0 bridgehead atoms. The zero-order chi connectivity index (χ0) is 19.8. The number of aliphatic hydroxyl groups is 1. The smallest absolute Gasteiger partial charge is 0.282 e. The number of rotatable bonds is 5. The number of hydrogen-bond acceptors (Lipinski definition) is 6. The molecule has 27 heavy (non-hydrogen) atoms. The Kier molecular flexibility index (Phi) is 5.93. The average molecular weight is 441 g/mol.